The molecular weight excluding hydrogens is 457 g/mol. The van der Waals surface area contributed by atoms with E-state index in [2.05, 4.69) is 39.9 Å². The molecule has 0 aliphatic carbocycles. The number of nitrogens with one attached hydrogen (secondary N) is 3. The lowest BCUT2D eigenvalue weighted by atomic mass is 10.1. The van der Waals surface area contributed by atoms with Crippen molar-refractivity contribution in [3.05, 3.63) is 41.2 Å². The van der Waals surface area contributed by atoms with E-state index in [1.807, 2.05) is 19.9 Å². The molecular formula is C19H28IN5O2. The highest BCUT2D eigenvalue weighted by Crippen LogP contribution is 2.35. The average Bonchev–Trinajstić information content (AvgIpc) is 3.25. The van der Waals surface area contributed by atoms with Gasteiger partial charge in [0.05, 0.1) is 25.4 Å². The number of aromatic nitrogens is 2. The van der Waals surface area contributed by atoms with Crippen LogP contribution in [-0.4, -0.2) is 35.4 Å². The Morgan fingerprint density at radius 2 is 2.22 bits per heavy atom. The zero-order valence-corrected chi connectivity index (χ0v) is 18.4. The molecule has 0 fully saturated rings. The number of nitrogens with zero attached hydrogens (tertiary/aromatic N) is 2. The fourth-order valence-electron chi connectivity index (χ4n) is 2.96. The molecule has 0 amide bonds. The smallest absolute Gasteiger partial charge is 0.191 e. The van der Waals surface area contributed by atoms with Crippen LogP contribution in [-0.2, 0) is 19.5 Å². The first-order chi connectivity index (χ1) is 12.7. The minimum absolute atomic E-state index is 0. The van der Waals surface area contributed by atoms with Gasteiger partial charge in [0.15, 0.2) is 5.96 Å². The number of aromatic amines is 1. The van der Waals surface area contributed by atoms with Crippen LogP contribution in [0.4, 0.5) is 0 Å². The number of guanidine groups is 1. The van der Waals surface area contributed by atoms with Gasteiger partial charge in [-0.1, -0.05) is 0 Å². The summed E-state index contributed by atoms with van der Waals surface area (Å²) < 4.78 is 11.7. The van der Waals surface area contributed by atoms with E-state index in [4.69, 9.17) is 14.5 Å². The molecule has 2 heterocycles. The number of ether oxygens (including phenoxy) is 2. The predicted molar refractivity (Wildman–Crippen MR) is 117 cm³/mol. The number of hydrogen-bond donors (Lipinski definition) is 3. The van der Waals surface area contributed by atoms with E-state index in [1.165, 1.54) is 5.56 Å². The van der Waals surface area contributed by atoms with Crippen LogP contribution in [0.2, 0.25) is 0 Å². The SMILES string of the molecule is CCNC(=NCc1cc2c(cc1OCC)CC(C)O2)NCc1ccn[nH]1.I. The van der Waals surface area contributed by atoms with Gasteiger partial charge in [0.2, 0.25) is 0 Å². The summed E-state index contributed by atoms with van der Waals surface area (Å²) in [6, 6.07) is 6.09. The normalized spacial score (nSPS) is 15.5. The Bertz CT molecular complexity index is 749. The number of halogens is 1. The van der Waals surface area contributed by atoms with Crippen molar-refractivity contribution in [3.8, 4) is 11.5 Å². The molecule has 8 heteroatoms. The fraction of sp³-hybridized carbons (Fsp3) is 0.474. The number of fused-ring (bicyclic) bond motifs is 1. The zero-order chi connectivity index (χ0) is 18.4. The Balaban J connectivity index is 0.00000261. The highest BCUT2D eigenvalue weighted by molar-refractivity contribution is 14.0. The lowest BCUT2D eigenvalue weighted by Gasteiger charge is -2.13. The summed E-state index contributed by atoms with van der Waals surface area (Å²) in [6.45, 7) is 8.69. The number of benzene rings is 1. The Morgan fingerprint density at radius 1 is 1.37 bits per heavy atom. The van der Waals surface area contributed by atoms with Crippen molar-refractivity contribution in [3.63, 3.8) is 0 Å². The topological polar surface area (TPSA) is 83.6 Å². The molecule has 1 aromatic heterocycles. The van der Waals surface area contributed by atoms with Gasteiger partial charge in [-0.3, -0.25) is 5.10 Å². The number of aliphatic imine (C=N–C) groups is 1. The summed E-state index contributed by atoms with van der Waals surface area (Å²) in [6.07, 6.45) is 2.88. The Morgan fingerprint density at radius 3 is 2.93 bits per heavy atom. The van der Waals surface area contributed by atoms with E-state index in [0.29, 0.717) is 19.7 Å². The van der Waals surface area contributed by atoms with Crippen molar-refractivity contribution in [1.29, 1.82) is 0 Å². The molecule has 148 valence electrons. The summed E-state index contributed by atoms with van der Waals surface area (Å²) in [5, 5.41) is 13.4. The average molecular weight is 485 g/mol. The van der Waals surface area contributed by atoms with Crippen LogP contribution in [0.15, 0.2) is 29.4 Å². The second kappa shape index (κ2) is 10.4. The Hall–Kier alpha value is -1.97. The van der Waals surface area contributed by atoms with Gasteiger partial charge in [0.25, 0.3) is 0 Å². The Labute approximate surface area is 177 Å². The van der Waals surface area contributed by atoms with Gasteiger partial charge in [-0.05, 0) is 39.0 Å². The summed E-state index contributed by atoms with van der Waals surface area (Å²) in [5.74, 6) is 2.58. The van der Waals surface area contributed by atoms with Crippen molar-refractivity contribution in [1.82, 2.24) is 20.8 Å². The first-order valence-electron chi connectivity index (χ1n) is 9.15. The molecule has 1 atom stereocenters. The molecule has 2 aromatic rings. The number of H-pyrrole nitrogens is 1. The van der Waals surface area contributed by atoms with Crippen molar-refractivity contribution in [2.45, 2.75) is 46.4 Å². The second-order valence-corrected chi connectivity index (χ2v) is 6.26. The molecule has 7 nitrogen and oxygen atoms in total. The van der Waals surface area contributed by atoms with E-state index in [-0.39, 0.29) is 30.1 Å². The fourth-order valence-corrected chi connectivity index (χ4v) is 2.96. The van der Waals surface area contributed by atoms with Crippen LogP contribution in [0.25, 0.3) is 0 Å². The second-order valence-electron chi connectivity index (χ2n) is 6.26. The molecule has 3 rings (SSSR count). The monoisotopic (exact) mass is 485 g/mol. The van der Waals surface area contributed by atoms with Gasteiger partial charge in [0, 0.05) is 30.3 Å². The maximum atomic E-state index is 5.88. The van der Waals surface area contributed by atoms with Crippen molar-refractivity contribution in [2.24, 2.45) is 4.99 Å². The van der Waals surface area contributed by atoms with Crippen LogP contribution in [0.3, 0.4) is 0 Å². The van der Waals surface area contributed by atoms with Crippen LogP contribution in [0, 0.1) is 0 Å². The van der Waals surface area contributed by atoms with Gasteiger partial charge in [0.1, 0.15) is 17.6 Å². The van der Waals surface area contributed by atoms with Gasteiger partial charge in [-0.2, -0.15) is 5.10 Å². The van der Waals surface area contributed by atoms with Gasteiger partial charge in [-0.25, -0.2) is 4.99 Å². The molecule has 0 saturated carbocycles. The molecule has 1 unspecified atom stereocenters. The highest BCUT2D eigenvalue weighted by Gasteiger charge is 2.21. The third-order valence-corrected chi connectivity index (χ3v) is 4.14. The molecule has 0 radical (unpaired) electrons. The lowest BCUT2D eigenvalue weighted by molar-refractivity contribution is 0.254. The molecule has 3 N–H and O–H groups in total. The maximum absolute atomic E-state index is 5.88. The van der Waals surface area contributed by atoms with Crippen molar-refractivity contribution < 1.29 is 9.47 Å². The zero-order valence-electron chi connectivity index (χ0n) is 16.0. The largest absolute Gasteiger partial charge is 0.494 e. The van der Waals surface area contributed by atoms with Crippen LogP contribution >= 0.6 is 24.0 Å². The molecule has 0 spiro atoms. The molecule has 27 heavy (non-hydrogen) atoms. The van der Waals surface area contributed by atoms with Gasteiger partial charge < -0.3 is 20.1 Å². The molecule has 1 aliphatic rings. The van der Waals surface area contributed by atoms with Gasteiger partial charge in [-0.15, -0.1) is 24.0 Å². The van der Waals surface area contributed by atoms with E-state index < -0.39 is 0 Å². The first-order valence-corrected chi connectivity index (χ1v) is 9.15. The highest BCUT2D eigenvalue weighted by atomic mass is 127. The Kier molecular flexibility index (Phi) is 8.21. The minimum atomic E-state index is 0. The van der Waals surface area contributed by atoms with Crippen LogP contribution in [0.5, 0.6) is 11.5 Å². The van der Waals surface area contributed by atoms with E-state index in [9.17, 15) is 0 Å². The van der Waals surface area contributed by atoms with Crippen LogP contribution in [0.1, 0.15) is 37.6 Å². The number of hydrogen-bond acceptors (Lipinski definition) is 4. The summed E-state index contributed by atoms with van der Waals surface area (Å²) in [4.78, 5) is 4.70. The van der Waals surface area contributed by atoms with Gasteiger partial charge >= 0.3 is 0 Å². The molecule has 0 bridgehead atoms. The van der Waals surface area contributed by atoms with E-state index >= 15 is 0 Å². The maximum Gasteiger partial charge on any atom is 0.191 e. The van der Waals surface area contributed by atoms with Crippen molar-refractivity contribution >= 4 is 29.9 Å². The summed E-state index contributed by atoms with van der Waals surface area (Å²) in [5.41, 5.74) is 3.24. The standard InChI is InChI=1S/C19H27N5O2.HI/c1-4-20-19(22-12-16-6-7-23-24-16)21-11-15-10-18-14(8-13(3)26-18)9-17(15)25-5-2;/h6-7,9-10,13H,4-5,8,11-12H2,1-3H3,(H,23,24)(H2,20,21,22);1H. The number of rotatable bonds is 7. The quantitative estimate of drug-likeness (QED) is 0.319. The summed E-state index contributed by atoms with van der Waals surface area (Å²) in [7, 11) is 0. The summed E-state index contributed by atoms with van der Waals surface area (Å²) >= 11 is 0. The third-order valence-electron chi connectivity index (χ3n) is 4.14. The lowest BCUT2D eigenvalue weighted by Crippen LogP contribution is -2.36. The molecule has 1 aliphatic heterocycles. The van der Waals surface area contributed by atoms with E-state index in [0.717, 1.165) is 41.7 Å². The third kappa shape index (κ3) is 5.75. The molecule has 1 aromatic carbocycles. The van der Waals surface area contributed by atoms with Crippen molar-refractivity contribution in [2.75, 3.05) is 13.2 Å². The predicted octanol–water partition coefficient (Wildman–Crippen LogP) is 3.01. The van der Waals surface area contributed by atoms with E-state index in [1.54, 1.807) is 6.20 Å². The van der Waals surface area contributed by atoms with Crippen LogP contribution < -0.4 is 20.1 Å². The first kappa shape index (κ1) is 21.3. The minimum Gasteiger partial charge on any atom is -0.494 e. The molecule has 0 saturated heterocycles.